The van der Waals surface area contributed by atoms with Gasteiger partial charge in [0.25, 0.3) is 0 Å². The third-order valence-electron chi connectivity index (χ3n) is 3.26. The van der Waals surface area contributed by atoms with Gasteiger partial charge >= 0.3 is 12.2 Å². The number of nitrogens with zero attached hydrogens (tertiary/aromatic N) is 2. The average molecular weight is 347 g/mol. The molecule has 0 bridgehead atoms. The number of hydrogen-bond donors (Lipinski definition) is 1. The second-order valence-corrected chi connectivity index (χ2v) is 5.21. The number of hydrogen-bond acceptors (Lipinski definition) is 5. The minimum Gasteiger partial charge on any atom is -0.446 e. The van der Waals surface area contributed by atoms with Gasteiger partial charge in [-0.25, -0.2) is 5.43 Å². The van der Waals surface area contributed by atoms with Crippen LogP contribution in [0.25, 0.3) is 0 Å². The molecule has 130 valence electrons. The van der Waals surface area contributed by atoms with E-state index in [-0.39, 0.29) is 0 Å². The summed E-state index contributed by atoms with van der Waals surface area (Å²) in [5.41, 5.74) is 3.19. The van der Waals surface area contributed by atoms with Crippen molar-refractivity contribution in [2.75, 3.05) is 0 Å². The van der Waals surface area contributed by atoms with Gasteiger partial charge in [-0.05, 0) is 30.3 Å². The fourth-order valence-corrected chi connectivity index (χ4v) is 2.05. The number of aromatic nitrogens is 1. The highest BCUT2D eigenvalue weighted by atomic mass is 16.7. The fourth-order valence-electron chi connectivity index (χ4n) is 2.05. The molecule has 0 atom stereocenters. The molecule has 0 aliphatic heterocycles. The molecule has 0 spiro atoms. The first kappa shape index (κ1) is 17.2. The third kappa shape index (κ3) is 5.17. The van der Waals surface area contributed by atoms with Gasteiger partial charge in [-0.3, -0.25) is 9.78 Å². The first-order valence-electron chi connectivity index (χ1n) is 7.97. The molecule has 0 aliphatic carbocycles. The smallest absolute Gasteiger partial charge is 0.323 e. The summed E-state index contributed by atoms with van der Waals surface area (Å²) in [7, 11) is 0. The molecule has 3 rings (SSSR count). The van der Waals surface area contributed by atoms with Crippen molar-refractivity contribution in [3.63, 3.8) is 0 Å². The number of benzene rings is 2. The minimum atomic E-state index is -1.19. The fraction of sp³-hybridized carbons (Fsp3) is 0.0500. The molecule has 3 aromatic rings. The number of carbonyl (C=O) groups excluding carboxylic acids is 1. The molecule has 1 aromatic heterocycles. The molecule has 6 nitrogen and oxygen atoms in total. The Hall–Kier alpha value is -3.67. The van der Waals surface area contributed by atoms with Crippen molar-refractivity contribution >= 4 is 12.1 Å². The van der Waals surface area contributed by atoms with Crippen molar-refractivity contribution in [1.82, 2.24) is 10.4 Å². The zero-order valence-corrected chi connectivity index (χ0v) is 13.9. The van der Waals surface area contributed by atoms with Crippen molar-refractivity contribution in [1.29, 1.82) is 0 Å². The van der Waals surface area contributed by atoms with E-state index in [1.807, 2.05) is 42.5 Å². The number of hydrazone groups is 1. The monoisotopic (exact) mass is 347 g/mol. The maximum atomic E-state index is 12.5. The van der Waals surface area contributed by atoms with Gasteiger partial charge in [-0.15, -0.1) is 0 Å². The average Bonchev–Trinajstić information content (AvgIpc) is 2.70. The maximum Gasteiger partial charge on any atom is 0.323 e. The normalized spacial score (nSPS) is 10.7. The number of para-hydroxylation sites is 2. The summed E-state index contributed by atoms with van der Waals surface area (Å²) in [4.78, 5) is 16.4. The zero-order chi connectivity index (χ0) is 18.0. The summed E-state index contributed by atoms with van der Waals surface area (Å²) in [5.74, 6) is 0.498. The molecule has 1 N–H and O–H groups in total. The van der Waals surface area contributed by atoms with Crippen molar-refractivity contribution < 1.29 is 14.3 Å². The predicted octanol–water partition coefficient (Wildman–Crippen LogP) is 3.02. The Morgan fingerprint density at radius 2 is 1.54 bits per heavy atom. The number of ether oxygens (including phenoxy) is 2. The maximum absolute atomic E-state index is 12.5. The molecule has 0 radical (unpaired) electrons. The van der Waals surface area contributed by atoms with Crippen LogP contribution in [0.5, 0.6) is 11.5 Å². The molecule has 0 saturated carbocycles. The first-order valence-corrected chi connectivity index (χ1v) is 7.97. The van der Waals surface area contributed by atoms with Gasteiger partial charge < -0.3 is 9.47 Å². The minimum absolute atomic E-state index is 0.514. The summed E-state index contributed by atoms with van der Waals surface area (Å²) in [5, 5.41) is 3.92. The third-order valence-corrected chi connectivity index (χ3v) is 3.26. The number of pyridine rings is 1. The van der Waals surface area contributed by atoms with Crippen LogP contribution >= 0.6 is 0 Å². The lowest BCUT2D eigenvalue weighted by molar-refractivity contribution is -0.140. The first-order chi connectivity index (χ1) is 12.8. The number of carbonyl (C=O) groups is 1. The van der Waals surface area contributed by atoms with Crippen LogP contribution in [-0.4, -0.2) is 23.4 Å². The van der Waals surface area contributed by atoms with Crippen molar-refractivity contribution in [3.8, 4) is 11.5 Å². The quantitative estimate of drug-likeness (QED) is 0.405. The largest absolute Gasteiger partial charge is 0.446 e. The van der Waals surface area contributed by atoms with E-state index >= 15 is 0 Å². The van der Waals surface area contributed by atoms with Gasteiger partial charge in [0.2, 0.25) is 0 Å². The van der Waals surface area contributed by atoms with E-state index in [4.69, 9.17) is 9.47 Å². The number of rotatable bonds is 7. The summed E-state index contributed by atoms with van der Waals surface area (Å²) in [6, 6.07) is 21.5. The number of amides is 1. The topological polar surface area (TPSA) is 72.8 Å². The Morgan fingerprint density at radius 1 is 0.923 bits per heavy atom. The molecule has 0 aliphatic rings. The molecule has 0 saturated heterocycles. The van der Waals surface area contributed by atoms with E-state index in [0.717, 1.165) is 5.56 Å². The summed E-state index contributed by atoms with van der Waals surface area (Å²) >= 11 is 0. The summed E-state index contributed by atoms with van der Waals surface area (Å²) < 4.78 is 11.3. The van der Waals surface area contributed by atoms with Gasteiger partial charge in [0.1, 0.15) is 11.5 Å². The zero-order valence-electron chi connectivity index (χ0n) is 13.9. The molecule has 2 aromatic carbocycles. The molecular formula is C20H17N3O3. The predicted molar refractivity (Wildman–Crippen MR) is 97.9 cm³/mol. The van der Waals surface area contributed by atoms with Crippen LogP contribution in [0, 0.1) is 0 Å². The van der Waals surface area contributed by atoms with Crippen LogP contribution in [0.15, 0.2) is 90.3 Å². The van der Waals surface area contributed by atoms with Crippen molar-refractivity contribution in [2.45, 2.75) is 6.29 Å². The number of nitrogens with one attached hydrogen (secondary N) is 1. The van der Waals surface area contributed by atoms with Gasteiger partial charge in [-0.2, -0.15) is 5.10 Å². The molecule has 1 amide bonds. The molecule has 6 heteroatoms. The van der Waals surface area contributed by atoms with E-state index in [0.29, 0.717) is 11.5 Å². The van der Waals surface area contributed by atoms with Gasteiger partial charge in [0, 0.05) is 18.0 Å². The van der Waals surface area contributed by atoms with Crippen LogP contribution in [-0.2, 0) is 4.79 Å². The van der Waals surface area contributed by atoms with Crippen LogP contribution in [0.1, 0.15) is 5.56 Å². The van der Waals surface area contributed by atoms with E-state index in [2.05, 4.69) is 15.5 Å². The Balaban J connectivity index is 1.69. The molecule has 0 fully saturated rings. The molecular weight excluding hydrogens is 330 g/mol. The Labute approximate surface area is 151 Å². The van der Waals surface area contributed by atoms with E-state index in [1.165, 1.54) is 6.21 Å². The van der Waals surface area contributed by atoms with Crippen molar-refractivity contribution in [2.24, 2.45) is 5.10 Å². The Morgan fingerprint density at radius 3 is 2.08 bits per heavy atom. The van der Waals surface area contributed by atoms with Crippen LogP contribution in [0.2, 0.25) is 0 Å². The van der Waals surface area contributed by atoms with Crippen LogP contribution in [0.4, 0.5) is 0 Å². The highest BCUT2D eigenvalue weighted by Crippen LogP contribution is 2.16. The van der Waals surface area contributed by atoms with E-state index in [9.17, 15) is 4.79 Å². The van der Waals surface area contributed by atoms with Crippen molar-refractivity contribution in [3.05, 3.63) is 90.8 Å². The molecule has 1 heterocycles. The van der Waals surface area contributed by atoms with E-state index in [1.54, 1.807) is 42.7 Å². The highest BCUT2D eigenvalue weighted by molar-refractivity contribution is 5.83. The Bertz CT molecular complexity index is 798. The lowest BCUT2D eigenvalue weighted by Gasteiger charge is -2.18. The second-order valence-electron chi connectivity index (χ2n) is 5.21. The Kier molecular flexibility index (Phi) is 5.93. The second kappa shape index (κ2) is 8.98. The lowest BCUT2D eigenvalue weighted by atomic mass is 10.3. The van der Waals surface area contributed by atoms with E-state index < -0.39 is 12.2 Å². The molecule has 0 unspecified atom stereocenters. The highest BCUT2D eigenvalue weighted by Gasteiger charge is 2.22. The summed E-state index contributed by atoms with van der Waals surface area (Å²) in [6.45, 7) is 0. The summed E-state index contributed by atoms with van der Waals surface area (Å²) in [6.07, 6.45) is 3.60. The SMILES string of the molecule is O=C(NN=Cc1cccnc1)C(Oc1ccccc1)Oc1ccccc1. The van der Waals surface area contributed by atoms with Crippen LogP contribution < -0.4 is 14.9 Å². The van der Waals surface area contributed by atoms with Gasteiger partial charge in [0.05, 0.1) is 6.21 Å². The van der Waals surface area contributed by atoms with Gasteiger partial charge in [-0.1, -0.05) is 42.5 Å². The molecule has 26 heavy (non-hydrogen) atoms. The van der Waals surface area contributed by atoms with Crippen LogP contribution in [0.3, 0.4) is 0 Å². The van der Waals surface area contributed by atoms with Gasteiger partial charge in [0.15, 0.2) is 0 Å². The lowest BCUT2D eigenvalue weighted by Crippen LogP contribution is -2.40. The standard InChI is InChI=1S/C20H17N3O3/c24-19(23-22-15-16-8-7-13-21-14-16)20(25-17-9-3-1-4-10-17)26-18-11-5-2-6-12-18/h1-15,20H,(H,23,24).